The smallest absolute Gasteiger partial charge is 0.220 e. The second-order valence-electron chi connectivity index (χ2n) is 7.20. The quantitative estimate of drug-likeness (QED) is 0.801. The molecule has 0 aromatic heterocycles. The third kappa shape index (κ3) is 5.96. The lowest BCUT2D eigenvalue weighted by atomic mass is 9.71. The lowest BCUT2D eigenvalue weighted by Gasteiger charge is -2.36. The molecule has 2 amide bonds. The van der Waals surface area contributed by atoms with Gasteiger partial charge in [-0.25, -0.2) is 0 Å². The van der Waals surface area contributed by atoms with Gasteiger partial charge in [-0.05, 0) is 43.6 Å². The van der Waals surface area contributed by atoms with Gasteiger partial charge >= 0.3 is 0 Å². The summed E-state index contributed by atoms with van der Waals surface area (Å²) in [4.78, 5) is 25.5. The zero-order chi connectivity index (χ0) is 16.0. The molecule has 6 heteroatoms. The molecule has 1 saturated carbocycles. The van der Waals surface area contributed by atoms with Gasteiger partial charge in [-0.2, -0.15) is 0 Å². The molecular formula is C17H32ClN3O2. The van der Waals surface area contributed by atoms with Crippen LogP contribution in [0, 0.1) is 11.3 Å². The fraction of sp³-hybridized carbons (Fsp3) is 0.882. The van der Waals surface area contributed by atoms with Crippen molar-refractivity contribution in [3.05, 3.63) is 0 Å². The lowest BCUT2D eigenvalue weighted by molar-refractivity contribution is -0.130. The van der Waals surface area contributed by atoms with Crippen molar-refractivity contribution in [2.75, 3.05) is 26.2 Å². The number of nitrogens with zero attached hydrogens (tertiary/aromatic N) is 1. The fourth-order valence-corrected chi connectivity index (χ4v) is 3.87. The van der Waals surface area contributed by atoms with E-state index in [1.54, 1.807) is 6.92 Å². The van der Waals surface area contributed by atoms with Crippen molar-refractivity contribution in [3.8, 4) is 0 Å². The van der Waals surface area contributed by atoms with Crippen LogP contribution in [0.25, 0.3) is 0 Å². The third-order valence-electron chi connectivity index (χ3n) is 5.53. The van der Waals surface area contributed by atoms with Crippen LogP contribution >= 0.6 is 12.4 Å². The summed E-state index contributed by atoms with van der Waals surface area (Å²) < 4.78 is 0. The van der Waals surface area contributed by atoms with Crippen molar-refractivity contribution in [3.63, 3.8) is 0 Å². The number of halogens is 1. The summed E-state index contributed by atoms with van der Waals surface area (Å²) in [5, 5.41) is 3.10. The van der Waals surface area contributed by atoms with Gasteiger partial charge in [0.15, 0.2) is 0 Å². The van der Waals surface area contributed by atoms with E-state index in [-0.39, 0.29) is 29.6 Å². The third-order valence-corrected chi connectivity index (χ3v) is 5.53. The maximum absolute atomic E-state index is 12.3. The molecule has 0 atom stereocenters. The molecule has 0 aromatic rings. The normalized spacial score (nSPS) is 21.4. The van der Waals surface area contributed by atoms with Crippen molar-refractivity contribution >= 4 is 24.2 Å². The molecule has 2 fully saturated rings. The Labute approximate surface area is 146 Å². The van der Waals surface area contributed by atoms with E-state index in [0.717, 1.165) is 45.3 Å². The number of likely N-dealkylation sites (tertiary alicyclic amines) is 1. The average Bonchev–Trinajstić information content (AvgIpc) is 2.54. The first-order valence-electron chi connectivity index (χ1n) is 8.77. The molecule has 3 N–H and O–H groups in total. The fourth-order valence-electron chi connectivity index (χ4n) is 3.87. The molecule has 134 valence electrons. The minimum Gasteiger partial charge on any atom is -0.356 e. The summed E-state index contributed by atoms with van der Waals surface area (Å²) in [6.07, 6.45) is 8.42. The van der Waals surface area contributed by atoms with E-state index in [0.29, 0.717) is 18.9 Å². The van der Waals surface area contributed by atoms with Crippen LogP contribution in [0.1, 0.15) is 58.3 Å². The Morgan fingerprint density at radius 1 is 1.17 bits per heavy atom. The molecule has 1 aliphatic carbocycles. The molecule has 0 aromatic carbocycles. The predicted molar refractivity (Wildman–Crippen MR) is 94.4 cm³/mol. The summed E-state index contributed by atoms with van der Waals surface area (Å²) >= 11 is 0. The molecule has 23 heavy (non-hydrogen) atoms. The Morgan fingerprint density at radius 3 is 2.30 bits per heavy atom. The van der Waals surface area contributed by atoms with E-state index in [1.165, 1.54) is 19.3 Å². The van der Waals surface area contributed by atoms with Gasteiger partial charge in [-0.3, -0.25) is 9.59 Å². The Morgan fingerprint density at radius 2 is 1.78 bits per heavy atom. The molecule has 2 aliphatic rings. The van der Waals surface area contributed by atoms with Crippen LogP contribution in [-0.4, -0.2) is 42.9 Å². The van der Waals surface area contributed by atoms with Gasteiger partial charge in [0, 0.05) is 33.0 Å². The van der Waals surface area contributed by atoms with Crippen LogP contribution in [0.3, 0.4) is 0 Å². The van der Waals surface area contributed by atoms with E-state index >= 15 is 0 Å². The molecule has 5 nitrogen and oxygen atoms in total. The van der Waals surface area contributed by atoms with Gasteiger partial charge in [0.1, 0.15) is 0 Å². The Balaban J connectivity index is 0.00000264. The first-order valence-corrected chi connectivity index (χ1v) is 8.77. The molecule has 0 unspecified atom stereocenters. The topological polar surface area (TPSA) is 75.4 Å². The van der Waals surface area contributed by atoms with Crippen LogP contribution in [-0.2, 0) is 9.59 Å². The zero-order valence-electron chi connectivity index (χ0n) is 14.3. The largest absolute Gasteiger partial charge is 0.356 e. The summed E-state index contributed by atoms with van der Waals surface area (Å²) in [5.41, 5.74) is 5.99. The standard InChI is InChI=1S/C17H31N3O2.ClH/c1-14(21)20-9-5-15(6-10-20)12-19-16(22)11-17(13-18)7-3-2-4-8-17;/h15H,2-13,18H2,1H3,(H,19,22);1H. The minimum atomic E-state index is 0. The number of rotatable bonds is 5. The maximum Gasteiger partial charge on any atom is 0.220 e. The van der Waals surface area contributed by atoms with Crippen LogP contribution in [0.2, 0.25) is 0 Å². The van der Waals surface area contributed by atoms with Crippen LogP contribution < -0.4 is 11.1 Å². The Hall–Kier alpha value is -0.810. The molecule has 1 heterocycles. The summed E-state index contributed by atoms with van der Waals surface area (Å²) in [6.45, 7) is 4.63. The number of nitrogens with one attached hydrogen (secondary N) is 1. The number of carbonyl (C=O) groups is 2. The van der Waals surface area contributed by atoms with Gasteiger partial charge in [0.25, 0.3) is 0 Å². The van der Waals surface area contributed by atoms with E-state index in [4.69, 9.17) is 5.73 Å². The molecule has 1 saturated heterocycles. The van der Waals surface area contributed by atoms with E-state index in [9.17, 15) is 9.59 Å². The van der Waals surface area contributed by atoms with Crippen molar-refractivity contribution in [1.82, 2.24) is 10.2 Å². The molecule has 0 radical (unpaired) electrons. The highest BCUT2D eigenvalue weighted by atomic mass is 35.5. The van der Waals surface area contributed by atoms with Gasteiger partial charge in [-0.15, -0.1) is 12.4 Å². The molecular weight excluding hydrogens is 314 g/mol. The lowest BCUT2D eigenvalue weighted by Crippen LogP contribution is -2.42. The molecule has 2 rings (SSSR count). The monoisotopic (exact) mass is 345 g/mol. The average molecular weight is 346 g/mol. The number of carbonyl (C=O) groups excluding carboxylic acids is 2. The second-order valence-corrected chi connectivity index (χ2v) is 7.20. The summed E-state index contributed by atoms with van der Waals surface area (Å²) in [5.74, 6) is 0.811. The second kappa shape index (κ2) is 9.48. The Kier molecular flexibility index (Phi) is 8.34. The Bertz CT molecular complexity index is 389. The van der Waals surface area contributed by atoms with Crippen molar-refractivity contribution in [1.29, 1.82) is 0 Å². The zero-order valence-corrected chi connectivity index (χ0v) is 15.1. The van der Waals surface area contributed by atoms with Gasteiger partial charge < -0.3 is 16.0 Å². The minimum absolute atomic E-state index is 0. The van der Waals surface area contributed by atoms with Crippen molar-refractivity contribution in [2.24, 2.45) is 17.1 Å². The highest BCUT2D eigenvalue weighted by molar-refractivity contribution is 5.85. The van der Waals surface area contributed by atoms with E-state index in [2.05, 4.69) is 5.32 Å². The van der Waals surface area contributed by atoms with E-state index < -0.39 is 0 Å². The number of hydrogen-bond donors (Lipinski definition) is 2. The van der Waals surface area contributed by atoms with Gasteiger partial charge in [0.05, 0.1) is 0 Å². The van der Waals surface area contributed by atoms with Gasteiger partial charge in [0.2, 0.25) is 11.8 Å². The first kappa shape index (κ1) is 20.2. The predicted octanol–water partition coefficient (Wildman–Crippen LogP) is 2.08. The number of nitrogens with two attached hydrogens (primary N) is 1. The molecule has 0 spiro atoms. The SMILES string of the molecule is CC(=O)N1CCC(CNC(=O)CC2(CN)CCCCC2)CC1.Cl. The maximum atomic E-state index is 12.3. The number of amides is 2. The number of hydrogen-bond acceptors (Lipinski definition) is 3. The van der Waals surface area contributed by atoms with Crippen LogP contribution in [0.5, 0.6) is 0 Å². The van der Waals surface area contributed by atoms with Crippen LogP contribution in [0.15, 0.2) is 0 Å². The van der Waals surface area contributed by atoms with E-state index in [1.807, 2.05) is 4.90 Å². The van der Waals surface area contributed by atoms with Crippen LogP contribution in [0.4, 0.5) is 0 Å². The van der Waals surface area contributed by atoms with Crippen molar-refractivity contribution in [2.45, 2.75) is 58.3 Å². The molecule has 0 bridgehead atoms. The van der Waals surface area contributed by atoms with Gasteiger partial charge in [-0.1, -0.05) is 19.3 Å². The number of piperidine rings is 1. The highest BCUT2D eigenvalue weighted by Gasteiger charge is 2.33. The van der Waals surface area contributed by atoms with Crippen molar-refractivity contribution < 1.29 is 9.59 Å². The summed E-state index contributed by atoms with van der Waals surface area (Å²) in [7, 11) is 0. The molecule has 1 aliphatic heterocycles. The highest BCUT2D eigenvalue weighted by Crippen LogP contribution is 2.38. The first-order chi connectivity index (χ1) is 10.5. The summed E-state index contributed by atoms with van der Waals surface area (Å²) in [6, 6.07) is 0.